The van der Waals surface area contributed by atoms with Gasteiger partial charge in [0, 0.05) is 0 Å². The van der Waals surface area contributed by atoms with Gasteiger partial charge in [0.2, 0.25) is 0 Å². The zero-order valence-corrected chi connectivity index (χ0v) is 17.8. The Morgan fingerprint density at radius 1 is 0.939 bits per heavy atom. The molecule has 1 fully saturated rings. The molecule has 0 atom stereocenters. The van der Waals surface area contributed by atoms with Gasteiger partial charge in [-0.05, 0) is 24.1 Å². The topological polar surface area (TPSA) is 108 Å². The van der Waals surface area contributed by atoms with E-state index in [4.69, 9.17) is 18.9 Å². The highest BCUT2D eigenvalue weighted by Crippen LogP contribution is 2.23. The molecule has 2 aliphatic heterocycles. The van der Waals surface area contributed by atoms with Crippen LogP contribution in [0.2, 0.25) is 0 Å². The van der Waals surface area contributed by atoms with Crippen LogP contribution in [0, 0.1) is 0 Å². The van der Waals surface area contributed by atoms with Crippen LogP contribution in [0.5, 0.6) is 0 Å². The summed E-state index contributed by atoms with van der Waals surface area (Å²) in [6.45, 7) is -0.136. The molecule has 2 heterocycles. The number of carbonyl (C=O) groups excluding carboxylic acids is 4. The fourth-order valence-electron chi connectivity index (χ4n) is 3.55. The number of allylic oxidation sites excluding steroid dienone is 5. The minimum atomic E-state index is -0.721. The molecule has 4 rings (SSSR count). The summed E-state index contributed by atoms with van der Waals surface area (Å²) in [5.41, 5.74) is 1.51. The highest BCUT2D eigenvalue weighted by Gasteiger charge is 2.35. The summed E-state index contributed by atoms with van der Waals surface area (Å²) >= 11 is 0. The Labute approximate surface area is 190 Å². The smallest absolute Gasteiger partial charge is 0.308 e. The van der Waals surface area contributed by atoms with Crippen LogP contribution >= 0.6 is 0 Å². The summed E-state index contributed by atoms with van der Waals surface area (Å²) in [6, 6.07) is 6.37. The van der Waals surface area contributed by atoms with Crippen molar-refractivity contribution in [2.24, 2.45) is 0 Å². The second-order valence-electron chi connectivity index (χ2n) is 7.60. The number of rotatable bonds is 7. The van der Waals surface area contributed by atoms with Crippen LogP contribution in [0.25, 0.3) is 0 Å². The molecule has 9 heteroatoms. The second kappa shape index (κ2) is 10.4. The van der Waals surface area contributed by atoms with Gasteiger partial charge in [-0.1, -0.05) is 42.5 Å². The first-order valence-corrected chi connectivity index (χ1v) is 10.6. The molecule has 0 spiro atoms. The van der Waals surface area contributed by atoms with Crippen LogP contribution in [0.15, 0.2) is 60.2 Å². The number of benzene rings is 1. The van der Waals surface area contributed by atoms with E-state index >= 15 is 0 Å². The Morgan fingerprint density at radius 2 is 1.61 bits per heavy atom. The average molecular weight is 453 g/mol. The summed E-state index contributed by atoms with van der Waals surface area (Å²) in [7, 11) is 0. The number of carbonyl (C=O) groups is 4. The lowest BCUT2D eigenvalue weighted by atomic mass is 10.1. The molecule has 1 aromatic rings. The number of esters is 2. The second-order valence-corrected chi connectivity index (χ2v) is 7.60. The number of imide groups is 1. The molecular formula is C24H23NO8. The Bertz CT molecular complexity index is 998. The molecule has 1 aromatic carbocycles. The van der Waals surface area contributed by atoms with Crippen molar-refractivity contribution in [3.8, 4) is 0 Å². The predicted octanol–water partition coefficient (Wildman–Crippen LogP) is 2.29. The average Bonchev–Trinajstić information content (AvgIpc) is 3.00. The lowest BCUT2D eigenvalue weighted by molar-refractivity contribution is -0.212. The van der Waals surface area contributed by atoms with Crippen molar-refractivity contribution in [2.75, 3.05) is 19.9 Å². The van der Waals surface area contributed by atoms with Gasteiger partial charge in [-0.25, -0.2) is 4.90 Å². The zero-order valence-electron chi connectivity index (χ0n) is 17.8. The number of amides is 2. The molecule has 9 nitrogen and oxygen atoms in total. The molecule has 0 unspecified atom stereocenters. The van der Waals surface area contributed by atoms with Crippen molar-refractivity contribution < 1.29 is 38.1 Å². The standard InChI is InChI=1S/C24H23NO8/c26-20(32-15-25-22(28)18-9-5-6-10-19(18)23(25)29)11-12-21(27)33-17-13-30-24(31-14-17)16-7-3-1-2-4-8-16/h1-7,9-10,17,24H,8,11-15H2. The summed E-state index contributed by atoms with van der Waals surface area (Å²) < 4.78 is 21.6. The lowest BCUT2D eigenvalue weighted by Crippen LogP contribution is -2.39. The van der Waals surface area contributed by atoms with E-state index in [2.05, 4.69) is 0 Å². The van der Waals surface area contributed by atoms with Crippen molar-refractivity contribution in [3.05, 3.63) is 71.3 Å². The number of ether oxygens (including phenoxy) is 4. The van der Waals surface area contributed by atoms with E-state index in [1.807, 2.05) is 30.4 Å². The fourth-order valence-corrected chi connectivity index (χ4v) is 3.55. The van der Waals surface area contributed by atoms with Crippen LogP contribution < -0.4 is 0 Å². The maximum atomic E-state index is 12.3. The van der Waals surface area contributed by atoms with Gasteiger partial charge in [0.1, 0.15) is 6.10 Å². The van der Waals surface area contributed by atoms with E-state index in [0.29, 0.717) is 6.42 Å². The monoisotopic (exact) mass is 453 g/mol. The first-order valence-electron chi connectivity index (χ1n) is 10.6. The van der Waals surface area contributed by atoms with Crippen molar-refractivity contribution in [2.45, 2.75) is 31.7 Å². The molecule has 0 saturated carbocycles. The van der Waals surface area contributed by atoms with Gasteiger partial charge < -0.3 is 18.9 Å². The van der Waals surface area contributed by atoms with E-state index in [1.165, 1.54) is 12.1 Å². The third-order valence-corrected chi connectivity index (χ3v) is 5.26. The first-order chi connectivity index (χ1) is 16.0. The molecule has 33 heavy (non-hydrogen) atoms. The van der Waals surface area contributed by atoms with Crippen LogP contribution in [0.4, 0.5) is 0 Å². The molecule has 0 radical (unpaired) electrons. The number of hydrogen-bond donors (Lipinski definition) is 0. The Morgan fingerprint density at radius 3 is 2.30 bits per heavy atom. The van der Waals surface area contributed by atoms with Crippen molar-refractivity contribution in [1.29, 1.82) is 0 Å². The number of nitrogens with zero attached hydrogens (tertiary/aromatic N) is 1. The maximum absolute atomic E-state index is 12.3. The quantitative estimate of drug-likeness (QED) is 0.457. The van der Waals surface area contributed by atoms with E-state index in [-0.39, 0.29) is 37.2 Å². The molecule has 1 saturated heterocycles. The van der Waals surface area contributed by atoms with Crippen molar-refractivity contribution in [3.63, 3.8) is 0 Å². The largest absolute Gasteiger partial charge is 0.457 e. The summed E-state index contributed by atoms with van der Waals surface area (Å²) in [6.07, 6.45) is 8.92. The van der Waals surface area contributed by atoms with Gasteiger partial charge in [0.15, 0.2) is 13.0 Å². The minimum Gasteiger partial charge on any atom is -0.457 e. The molecule has 0 N–H and O–H groups in total. The van der Waals surface area contributed by atoms with Gasteiger partial charge in [-0.2, -0.15) is 0 Å². The maximum Gasteiger partial charge on any atom is 0.308 e. The normalized spacial score (nSPS) is 21.9. The third-order valence-electron chi connectivity index (χ3n) is 5.26. The Kier molecular flexibility index (Phi) is 7.11. The minimum absolute atomic E-state index is 0.186. The van der Waals surface area contributed by atoms with Gasteiger partial charge in [-0.3, -0.25) is 19.2 Å². The van der Waals surface area contributed by atoms with E-state index in [0.717, 1.165) is 10.5 Å². The first kappa shape index (κ1) is 22.6. The SMILES string of the molecule is O=C(CCC(=O)OC1COC(C2=CC=CC=CC2)OC1)OCN1C(=O)c2ccccc2C1=O. The Balaban J connectivity index is 1.15. The summed E-state index contributed by atoms with van der Waals surface area (Å²) in [5, 5.41) is 0. The van der Waals surface area contributed by atoms with Crippen LogP contribution in [0.3, 0.4) is 0 Å². The Hall–Kier alpha value is -3.56. The fraction of sp³-hybridized carbons (Fsp3) is 0.333. The predicted molar refractivity (Wildman–Crippen MR) is 114 cm³/mol. The molecular weight excluding hydrogens is 430 g/mol. The van der Waals surface area contributed by atoms with Gasteiger partial charge in [-0.15, -0.1) is 0 Å². The van der Waals surface area contributed by atoms with E-state index in [1.54, 1.807) is 12.1 Å². The molecule has 0 aromatic heterocycles. The molecule has 1 aliphatic carbocycles. The van der Waals surface area contributed by atoms with Crippen LogP contribution in [0.1, 0.15) is 40.0 Å². The van der Waals surface area contributed by atoms with E-state index in [9.17, 15) is 19.2 Å². The van der Waals surface area contributed by atoms with Gasteiger partial charge in [0.25, 0.3) is 11.8 Å². The summed E-state index contributed by atoms with van der Waals surface area (Å²) in [5.74, 6) is -2.36. The molecule has 3 aliphatic rings. The van der Waals surface area contributed by atoms with Crippen molar-refractivity contribution in [1.82, 2.24) is 4.90 Å². The van der Waals surface area contributed by atoms with Crippen LogP contribution in [-0.2, 0) is 28.5 Å². The van der Waals surface area contributed by atoms with Gasteiger partial charge >= 0.3 is 11.9 Å². The van der Waals surface area contributed by atoms with E-state index < -0.39 is 42.9 Å². The number of hydrogen-bond acceptors (Lipinski definition) is 8. The van der Waals surface area contributed by atoms with Gasteiger partial charge in [0.05, 0.1) is 37.2 Å². The van der Waals surface area contributed by atoms with Crippen molar-refractivity contribution >= 4 is 23.8 Å². The highest BCUT2D eigenvalue weighted by atomic mass is 16.7. The summed E-state index contributed by atoms with van der Waals surface area (Å²) in [4.78, 5) is 49.4. The molecule has 0 bridgehead atoms. The lowest BCUT2D eigenvalue weighted by Gasteiger charge is -2.30. The third kappa shape index (κ3) is 5.44. The highest BCUT2D eigenvalue weighted by molar-refractivity contribution is 6.21. The molecule has 2 amide bonds. The van der Waals surface area contributed by atoms with Crippen LogP contribution in [-0.4, -0.2) is 61.0 Å². The number of fused-ring (bicyclic) bond motifs is 1. The zero-order chi connectivity index (χ0) is 23.2. The molecule has 172 valence electrons.